The smallest absolute Gasteiger partial charge is 0.243 e. The van der Waals surface area contributed by atoms with Crippen LogP contribution in [0.2, 0.25) is 0 Å². The van der Waals surface area contributed by atoms with Crippen LogP contribution in [0.1, 0.15) is 12.8 Å². The second kappa shape index (κ2) is 10.8. The first-order chi connectivity index (χ1) is 15.5. The summed E-state index contributed by atoms with van der Waals surface area (Å²) in [6.45, 7) is 5.12. The van der Waals surface area contributed by atoms with Gasteiger partial charge in [0.1, 0.15) is 0 Å². The van der Waals surface area contributed by atoms with Crippen molar-refractivity contribution < 1.29 is 27.4 Å². The number of hydrogen-bond acceptors (Lipinski definition) is 8. The summed E-state index contributed by atoms with van der Waals surface area (Å²) < 4.78 is 43.9. The highest BCUT2D eigenvalue weighted by Crippen LogP contribution is 2.28. The van der Waals surface area contributed by atoms with Crippen LogP contribution in [-0.2, 0) is 29.0 Å². The van der Waals surface area contributed by atoms with Gasteiger partial charge in [-0.15, -0.1) is 0 Å². The maximum absolute atomic E-state index is 13.1. The first-order valence-corrected chi connectivity index (χ1v) is 12.6. The Morgan fingerprint density at radius 3 is 2.38 bits per heavy atom. The van der Waals surface area contributed by atoms with Gasteiger partial charge in [0, 0.05) is 39.3 Å². The number of nitrogens with zero attached hydrogens (tertiary/aromatic N) is 2. The van der Waals surface area contributed by atoms with Gasteiger partial charge in [-0.25, -0.2) is 8.42 Å². The number of benzene rings is 1. The van der Waals surface area contributed by atoms with E-state index in [4.69, 9.17) is 14.2 Å². The number of morpholine rings is 2. The molecule has 1 aromatic carbocycles. The third kappa shape index (κ3) is 5.70. The zero-order valence-electron chi connectivity index (χ0n) is 18.3. The molecule has 3 fully saturated rings. The quantitative estimate of drug-likeness (QED) is 0.570. The predicted octanol–water partition coefficient (Wildman–Crippen LogP) is 0.569. The van der Waals surface area contributed by atoms with Gasteiger partial charge in [-0.05, 0) is 31.0 Å². The van der Waals surface area contributed by atoms with E-state index in [-0.39, 0.29) is 23.5 Å². The predicted molar refractivity (Wildman–Crippen MR) is 119 cm³/mol. The van der Waals surface area contributed by atoms with Crippen LogP contribution in [0.4, 0.5) is 11.4 Å². The lowest BCUT2D eigenvalue weighted by molar-refractivity contribution is -0.133. The molecule has 3 aliphatic heterocycles. The van der Waals surface area contributed by atoms with Crippen molar-refractivity contribution in [3.63, 3.8) is 0 Å². The summed E-state index contributed by atoms with van der Waals surface area (Å²) in [4.78, 5) is 14.6. The largest absolute Gasteiger partial charge is 0.381 e. The molecule has 2 N–H and O–H groups in total. The van der Waals surface area contributed by atoms with Crippen molar-refractivity contribution in [1.82, 2.24) is 9.21 Å². The molecular weight excluding hydrogens is 436 g/mol. The van der Waals surface area contributed by atoms with E-state index in [1.807, 2.05) is 0 Å². The van der Waals surface area contributed by atoms with Crippen molar-refractivity contribution in [2.45, 2.75) is 23.8 Å². The van der Waals surface area contributed by atoms with E-state index in [0.29, 0.717) is 64.8 Å². The van der Waals surface area contributed by atoms with E-state index >= 15 is 0 Å². The molecule has 1 unspecified atom stereocenters. The van der Waals surface area contributed by atoms with Crippen LogP contribution in [0.5, 0.6) is 0 Å². The molecule has 0 spiro atoms. The number of carbonyl (C=O) groups is 1. The van der Waals surface area contributed by atoms with Crippen LogP contribution in [0.3, 0.4) is 0 Å². The standard InChI is InChI=1S/C21H32N4O6S/c26-21(24-5-10-29-11-6-24)16-23-20-14-18(32(27,28)25-7-12-30-13-8-25)3-4-19(20)22-15-17-2-1-9-31-17/h3-4,14,17,22-23H,1-2,5-13,15-16H2. The van der Waals surface area contributed by atoms with Gasteiger partial charge in [0.05, 0.1) is 55.3 Å². The van der Waals surface area contributed by atoms with Gasteiger partial charge >= 0.3 is 0 Å². The average Bonchev–Trinajstić information content (AvgIpc) is 3.36. The van der Waals surface area contributed by atoms with Crippen LogP contribution < -0.4 is 10.6 Å². The Morgan fingerprint density at radius 1 is 0.969 bits per heavy atom. The molecule has 0 bridgehead atoms. The summed E-state index contributed by atoms with van der Waals surface area (Å²) in [7, 11) is -3.64. The van der Waals surface area contributed by atoms with E-state index in [9.17, 15) is 13.2 Å². The maximum atomic E-state index is 13.1. The van der Waals surface area contributed by atoms with Gasteiger partial charge in [0.15, 0.2) is 0 Å². The van der Waals surface area contributed by atoms with Gasteiger partial charge in [-0.1, -0.05) is 0 Å². The van der Waals surface area contributed by atoms with Crippen molar-refractivity contribution in [1.29, 1.82) is 0 Å². The van der Waals surface area contributed by atoms with Crippen LogP contribution in [0.15, 0.2) is 23.1 Å². The normalized spacial score (nSPS) is 22.6. The van der Waals surface area contributed by atoms with E-state index in [1.165, 1.54) is 4.31 Å². The molecule has 1 atom stereocenters. The maximum Gasteiger partial charge on any atom is 0.243 e. The molecule has 10 nitrogen and oxygen atoms in total. The Labute approximate surface area is 189 Å². The first-order valence-electron chi connectivity index (χ1n) is 11.2. The number of ether oxygens (including phenoxy) is 3. The zero-order valence-corrected chi connectivity index (χ0v) is 19.1. The third-order valence-electron chi connectivity index (χ3n) is 5.94. The number of sulfonamides is 1. The summed E-state index contributed by atoms with van der Waals surface area (Å²) in [5, 5.41) is 6.51. The van der Waals surface area contributed by atoms with Crippen LogP contribution in [0, 0.1) is 0 Å². The third-order valence-corrected chi connectivity index (χ3v) is 7.83. The molecule has 178 valence electrons. The highest BCUT2D eigenvalue weighted by molar-refractivity contribution is 7.89. The second-order valence-electron chi connectivity index (χ2n) is 8.09. The molecular formula is C21H32N4O6S. The van der Waals surface area contributed by atoms with Gasteiger partial charge < -0.3 is 29.7 Å². The number of anilines is 2. The summed E-state index contributed by atoms with van der Waals surface area (Å²) in [6, 6.07) is 4.97. The van der Waals surface area contributed by atoms with Crippen LogP contribution in [-0.4, -0.2) is 102 Å². The lowest BCUT2D eigenvalue weighted by Gasteiger charge is -2.28. The zero-order chi connectivity index (χ0) is 22.4. The molecule has 32 heavy (non-hydrogen) atoms. The molecule has 0 saturated carbocycles. The number of carbonyl (C=O) groups excluding carboxylic acids is 1. The average molecular weight is 469 g/mol. The Balaban J connectivity index is 1.50. The van der Waals surface area contributed by atoms with Gasteiger partial charge in [0.25, 0.3) is 0 Å². The Bertz CT molecular complexity index is 878. The van der Waals surface area contributed by atoms with Gasteiger partial charge in [-0.3, -0.25) is 4.79 Å². The summed E-state index contributed by atoms with van der Waals surface area (Å²) in [5.41, 5.74) is 1.33. The topological polar surface area (TPSA) is 109 Å². The Morgan fingerprint density at radius 2 is 1.69 bits per heavy atom. The van der Waals surface area contributed by atoms with Crippen molar-refractivity contribution in [3.8, 4) is 0 Å². The minimum Gasteiger partial charge on any atom is -0.381 e. The summed E-state index contributed by atoms with van der Waals surface area (Å²) in [5.74, 6) is -0.0418. The van der Waals surface area contributed by atoms with Crippen molar-refractivity contribution in [2.75, 3.05) is 82.9 Å². The lowest BCUT2D eigenvalue weighted by atomic mass is 10.2. The Hall–Kier alpha value is -1.92. The molecule has 1 amide bonds. The summed E-state index contributed by atoms with van der Waals surface area (Å²) in [6.07, 6.45) is 2.17. The molecule has 3 heterocycles. The fourth-order valence-corrected chi connectivity index (χ4v) is 5.48. The highest BCUT2D eigenvalue weighted by atomic mass is 32.2. The molecule has 4 rings (SSSR count). The fraction of sp³-hybridized carbons (Fsp3) is 0.667. The Kier molecular flexibility index (Phi) is 7.84. The number of rotatable bonds is 8. The molecule has 11 heteroatoms. The second-order valence-corrected chi connectivity index (χ2v) is 10.0. The molecule has 3 aliphatic rings. The van der Waals surface area contributed by atoms with E-state index in [0.717, 1.165) is 25.1 Å². The van der Waals surface area contributed by atoms with Crippen molar-refractivity contribution in [3.05, 3.63) is 18.2 Å². The molecule has 0 radical (unpaired) electrons. The molecule has 0 aromatic heterocycles. The summed E-state index contributed by atoms with van der Waals surface area (Å²) >= 11 is 0. The lowest BCUT2D eigenvalue weighted by Crippen LogP contribution is -2.43. The number of amides is 1. The monoisotopic (exact) mass is 468 g/mol. The van der Waals surface area contributed by atoms with Crippen LogP contribution >= 0.6 is 0 Å². The van der Waals surface area contributed by atoms with E-state index in [1.54, 1.807) is 23.1 Å². The minimum atomic E-state index is -3.64. The minimum absolute atomic E-state index is 0.0418. The van der Waals surface area contributed by atoms with E-state index < -0.39 is 10.0 Å². The molecule has 3 saturated heterocycles. The molecule has 0 aliphatic carbocycles. The van der Waals surface area contributed by atoms with E-state index in [2.05, 4.69) is 10.6 Å². The highest BCUT2D eigenvalue weighted by Gasteiger charge is 2.27. The van der Waals surface area contributed by atoms with Crippen molar-refractivity contribution in [2.24, 2.45) is 0 Å². The molecule has 1 aromatic rings. The van der Waals surface area contributed by atoms with Crippen LogP contribution in [0.25, 0.3) is 0 Å². The van der Waals surface area contributed by atoms with Crippen molar-refractivity contribution >= 4 is 27.3 Å². The van der Waals surface area contributed by atoms with Gasteiger partial charge in [0.2, 0.25) is 15.9 Å². The number of hydrogen-bond donors (Lipinski definition) is 2. The fourth-order valence-electron chi connectivity index (χ4n) is 4.04. The number of nitrogens with one attached hydrogen (secondary N) is 2. The van der Waals surface area contributed by atoms with Gasteiger partial charge in [-0.2, -0.15) is 4.31 Å². The SMILES string of the molecule is O=C(CNc1cc(S(=O)(=O)N2CCOCC2)ccc1NCC1CCCO1)N1CCOCC1. The first kappa shape index (κ1) is 23.2.